The third kappa shape index (κ3) is 3.16. The molecule has 1 N–H and O–H groups in total. The molecule has 1 atom stereocenters. The fourth-order valence-corrected chi connectivity index (χ4v) is 2.79. The Morgan fingerprint density at radius 2 is 2.09 bits per heavy atom. The zero-order valence-corrected chi connectivity index (χ0v) is 13.7. The van der Waals surface area contributed by atoms with Gasteiger partial charge in [0.25, 0.3) is 0 Å². The Morgan fingerprint density at radius 3 is 2.87 bits per heavy atom. The van der Waals surface area contributed by atoms with Crippen LogP contribution in [0.15, 0.2) is 36.4 Å². The number of amides is 1. The Labute approximate surface area is 136 Å². The van der Waals surface area contributed by atoms with E-state index in [1.807, 2.05) is 50.2 Å². The molecule has 3 rings (SSSR count). The Bertz CT molecular complexity index is 739. The second-order valence-corrected chi connectivity index (χ2v) is 5.92. The predicted octanol–water partition coefficient (Wildman–Crippen LogP) is 3.50. The van der Waals surface area contributed by atoms with Crippen molar-refractivity contribution in [2.24, 2.45) is 5.92 Å². The zero-order valence-electron chi connectivity index (χ0n) is 13.7. The molecule has 2 aromatic carbocycles. The summed E-state index contributed by atoms with van der Waals surface area (Å²) in [5.41, 5.74) is 4.14. The van der Waals surface area contributed by atoms with E-state index < -0.39 is 0 Å². The lowest BCUT2D eigenvalue weighted by atomic mass is 9.95. The fourth-order valence-electron chi connectivity index (χ4n) is 2.79. The zero-order chi connectivity index (χ0) is 16.4. The van der Waals surface area contributed by atoms with Gasteiger partial charge in [-0.05, 0) is 61.2 Å². The summed E-state index contributed by atoms with van der Waals surface area (Å²) in [6, 6.07) is 11.6. The molecule has 1 heterocycles. The number of anilines is 1. The van der Waals surface area contributed by atoms with E-state index in [1.165, 1.54) is 0 Å². The van der Waals surface area contributed by atoms with E-state index in [-0.39, 0.29) is 11.8 Å². The van der Waals surface area contributed by atoms with Gasteiger partial charge in [-0.2, -0.15) is 0 Å². The van der Waals surface area contributed by atoms with Gasteiger partial charge in [0, 0.05) is 5.69 Å². The molecule has 0 saturated heterocycles. The standard InChI is InChI=1S/C19H21NO3/c1-12-5-4-6-17(13(12)2)20-19(21)15-9-14-10-16(22-3)7-8-18(14)23-11-15/h4-8,10,15H,9,11H2,1-3H3,(H,20,21)/t15-/m0/s1. The molecule has 1 amide bonds. The third-order valence-corrected chi connectivity index (χ3v) is 4.41. The Balaban J connectivity index is 1.75. The number of methoxy groups -OCH3 is 1. The number of benzene rings is 2. The minimum Gasteiger partial charge on any atom is -0.497 e. The summed E-state index contributed by atoms with van der Waals surface area (Å²) >= 11 is 0. The normalized spacial score (nSPS) is 16.2. The fraction of sp³-hybridized carbons (Fsp3) is 0.316. The van der Waals surface area contributed by atoms with Crippen LogP contribution in [-0.4, -0.2) is 19.6 Å². The van der Waals surface area contributed by atoms with Crippen molar-refractivity contribution in [3.63, 3.8) is 0 Å². The number of fused-ring (bicyclic) bond motifs is 1. The monoisotopic (exact) mass is 311 g/mol. The van der Waals surface area contributed by atoms with Gasteiger partial charge in [0.15, 0.2) is 0 Å². The molecule has 0 spiro atoms. The first-order valence-corrected chi connectivity index (χ1v) is 7.75. The van der Waals surface area contributed by atoms with Crippen molar-refractivity contribution in [1.82, 2.24) is 0 Å². The van der Waals surface area contributed by atoms with Crippen LogP contribution in [0.3, 0.4) is 0 Å². The van der Waals surface area contributed by atoms with E-state index in [9.17, 15) is 4.79 Å². The average molecular weight is 311 g/mol. The van der Waals surface area contributed by atoms with Crippen molar-refractivity contribution in [2.75, 3.05) is 19.0 Å². The van der Waals surface area contributed by atoms with Crippen molar-refractivity contribution >= 4 is 11.6 Å². The number of hydrogen-bond acceptors (Lipinski definition) is 3. The lowest BCUT2D eigenvalue weighted by molar-refractivity contribution is -0.121. The Morgan fingerprint density at radius 1 is 1.26 bits per heavy atom. The van der Waals surface area contributed by atoms with Gasteiger partial charge in [0.1, 0.15) is 18.1 Å². The molecule has 0 saturated carbocycles. The molecule has 1 aliphatic heterocycles. The number of carbonyl (C=O) groups is 1. The summed E-state index contributed by atoms with van der Waals surface area (Å²) < 4.78 is 11.0. The number of carbonyl (C=O) groups excluding carboxylic acids is 1. The Kier molecular flexibility index (Phi) is 4.24. The molecule has 120 valence electrons. The maximum atomic E-state index is 12.6. The average Bonchev–Trinajstić information content (AvgIpc) is 2.57. The second kappa shape index (κ2) is 6.32. The smallest absolute Gasteiger partial charge is 0.231 e. The van der Waals surface area contributed by atoms with Gasteiger partial charge in [-0.3, -0.25) is 4.79 Å². The minimum atomic E-state index is -0.200. The molecule has 0 radical (unpaired) electrons. The van der Waals surface area contributed by atoms with Crippen LogP contribution in [-0.2, 0) is 11.2 Å². The highest BCUT2D eigenvalue weighted by Gasteiger charge is 2.26. The van der Waals surface area contributed by atoms with E-state index in [4.69, 9.17) is 9.47 Å². The molecule has 23 heavy (non-hydrogen) atoms. The molecule has 0 unspecified atom stereocenters. The molecule has 0 aromatic heterocycles. The first kappa shape index (κ1) is 15.4. The van der Waals surface area contributed by atoms with Gasteiger partial charge in [0.05, 0.1) is 13.0 Å². The van der Waals surface area contributed by atoms with Crippen molar-refractivity contribution in [2.45, 2.75) is 20.3 Å². The van der Waals surface area contributed by atoms with Crippen LogP contribution in [0, 0.1) is 19.8 Å². The number of hydrogen-bond donors (Lipinski definition) is 1. The van der Waals surface area contributed by atoms with Crippen LogP contribution in [0.1, 0.15) is 16.7 Å². The van der Waals surface area contributed by atoms with Crippen LogP contribution in [0.25, 0.3) is 0 Å². The molecule has 4 nitrogen and oxygen atoms in total. The van der Waals surface area contributed by atoms with Crippen LogP contribution in [0.5, 0.6) is 11.5 Å². The van der Waals surface area contributed by atoms with Crippen molar-refractivity contribution in [3.05, 3.63) is 53.1 Å². The van der Waals surface area contributed by atoms with Crippen LogP contribution < -0.4 is 14.8 Å². The molecule has 2 aromatic rings. The van der Waals surface area contributed by atoms with E-state index in [2.05, 4.69) is 5.32 Å². The predicted molar refractivity (Wildman–Crippen MR) is 90.2 cm³/mol. The number of rotatable bonds is 3. The largest absolute Gasteiger partial charge is 0.497 e. The lowest BCUT2D eigenvalue weighted by Gasteiger charge is -2.25. The first-order chi connectivity index (χ1) is 11.1. The molecule has 4 heteroatoms. The van der Waals surface area contributed by atoms with Crippen molar-refractivity contribution in [1.29, 1.82) is 0 Å². The maximum Gasteiger partial charge on any atom is 0.231 e. The van der Waals surface area contributed by atoms with Gasteiger partial charge in [-0.1, -0.05) is 12.1 Å². The summed E-state index contributed by atoms with van der Waals surface area (Å²) in [4.78, 5) is 12.6. The highest BCUT2D eigenvalue weighted by molar-refractivity contribution is 5.93. The third-order valence-electron chi connectivity index (χ3n) is 4.41. The highest BCUT2D eigenvalue weighted by Crippen LogP contribution is 2.31. The minimum absolute atomic E-state index is 0.00725. The van der Waals surface area contributed by atoms with E-state index >= 15 is 0 Å². The van der Waals surface area contributed by atoms with Gasteiger partial charge in [0.2, 0.25) is 5.91 Å². The van der Waals surface area contributed by atoms with E-state index in [1.54, 1.807) is 7.11 Å². The molecule has 0 fully saturated rings. The quantitative estimate of drug-likeness (QED) is 0.943. The van der Waals surface area contributed by atoms with Crippen LogP contribution in [0.4, 0.5) is 5.69 Å². The summed E-state index contributed by atoms with van der Waals surface area (Å²) in [5, 5.41) is 3.03. The van der Waals surface area contributed by atoms with Crippen molar-refractivity contribution in [3.8, 4) is 11.5 Å². The van der Waals surface area contributed by atoms with Crippen LogP contribution >= 0.6 is 0 Å². The molecular formula is C19H21NO3. The number of nitrogens with one attached hydrogen (secondary N) is 1. The first-order valence-electron chi connectivity index (χ1n) is 7.75. The molecule has 0 aliphatic carbocycles. The SMILES string of the molecule is COc1ccc2c(c1)C[C@H](C(=O)Nc1cccc(C)c1C)CO2. The topological polar surface area (TPSA) is 47.6 Å². The highest BCUT2D eigenvalue weighted by atomic mass is 16.5. The van der Waals surface area contributed by atoms with E-state index in [0.717, 1.165) is 33.9 Å². The van der Waals surface area contributed by atoms with Gasteiger partial charge in [-0.25, -0.2) is 0 Å². The Hall–Kier alpha value is -2.49. The van der Waals surface area contributed by atoms with Gasteiger partial charge in [-0.15, -0.1) is 0 Å². The van der Waals surface area contributed by atoms with Crippen molar-refractivity contribution < 1.29 is 14.3 Å². The summed E-state index contributed by atoms with van der Waals surface area (Å²) in [5.74, 6) is 1.41. The summed E-state index contributed by atoms with van der Waals surface area (Å²) in [6.07, 6.45) is 0.656. The summed E-state index contributed by atoms with van der Waals surface area (Å²) in [6.45, 7) is 4.45. The van der Waals surface area contributed by atoms with Crippen LogP contribution in [0.2, 0.25) is 0 Å². The van der Waals surface area contributed by atoms with Gasteiger partial charge < -0.3 is 14.8 Å². The summed E-state index contributed by atoms with van der Waals surface area (Å²) in [7, 11) is 1.64. The van der Waals surface area contributed by atoms with E-state index in [0.29, 0.717) is 13.0 Å². The van der Waals surface area contributed by atoms with Gasteiger partial charge >= 0.3 is 0 Å². The maximum absolute atomic E-state index is 12.6. The number of ether oxygens (including phenoxy) is 2. The number of aryl methyl sites for hydroxylation is 1. The lowest BCUT2D eigenvalue weighted by Crippen LogP contribution is -2.32. The molecule has 1 aliphatic rings. The molecular weight excluding hydrogens is 290 g/mol. The molecule has 0 bridgehead atoms. The second-order valence-electron chi connectivity index (χ2n) is 5.92.